The predicted octanol–water partition coefficient (Wildman–Crippen LogP) is 4.68. The zero-order chi connectivity index (χ0) is 13.0. The maximum Gasteiger partial charge on any atom is 0.169 e. The molecule has 0 aliphatic rings. The van der Waals surface area contributed by atoms with Gasteiger partial charge in [-0.05, 0) is 58.7 Å². The van der Waals surface area contributed by atoms with Crippen molar-refractivity contribution in [1.82, 2.24) is 5.32 Å². The highest BCUT2D eigenvalue weighted by atomic mass is 79.9. The van der Waals surface area contributed by atoms with E-state index in [9.17, 15) is 0 Å². The third-order valence-electron chi connectivity index (χ3n) is 2.51. The van der Waals surface area contributed by atoms with Crippen LogP contribution < -0.4 is 5.32 Å². The van der Waals surface area contributed by atoms with Gasteiger partial charge in [-0.1, -0.05) is 29.3 Å². The van der Waals surface area contributed by atoms with Crippen LogP contribution >= 0.6 is 39.1 Å². The Balaban J connectivity index is 1.78. The summed E-state index contributed by atoms with van der Waals surface area (Å²) in [4.78, 5) is 0. The summed E-state index contributed by atoms with van der Waals surface area (Å²) in [5, 5.41) is 4.68. The SMILES string of the molecule is Clc1ccc(CCNCc2ccc(Br)o2)c(Cl)c1. The van der Waals surface area contributed by atoms with Gasteiger partial charge < -0.3 is 9.73 Å². The van der Waals surface area contributed by atoms with Crippen molar-refractivity contribution in [3.05, 3.63) is 56.4 Å². The zero-order valence-electron chi connectivity index (χ0n) is 9.55. The van der Waals surface area contributed by atoms with Crippen LogP contribution in [-0.4, -0.2) is 6.54 Å². The maximum absolute atomic E-state index is 6.09. The van der Waals surface area contributed by atoms with Crippen LogP contribution in [-0.2, 0) is 13.0 Å². The fourth-order valence-corrected chi connectivity index (χ4v) is 2.45. The summed E-state index contributed by atoms with van der Waals surface area (Å²) in [7, 11) is 0. The molecule has 1 heterocycles. The first-order valence-electron chi connectivity index (χ1n) is 5.54. The Morgan fingerprint density at radius 1 is 1.17 bits per heavy atom. The molecular formula is C13H12BrCl2NO. The number of nitrogens with one attached hydrogen (secondary N) is 1. The van der Waals surface area contributed by atoms with Crippen molar-refractivity contribution in [1.29, 1.82) is 0 Å². The molecule has 1 aromatic heterocycles. The summed E-state index contributed by atoms with van der Waals surface area (Å²) < 4.78 is 6.14. The minimum absolute atomic E-state index is 0.664. The second kappa shape index (κ2) is 6.62. The quantitative estimate of drug-likeness (QED) is 0.793. The number of rotatable bonds is 5. The van der Waals surface area contributed by atoms with E-state index in [0.717, 1.165) is 29.0 Å². The number of hydrogen-bond donors (Lipinski definition) is 1. The van der Waals surface area contributed by atoms with Gasteiger partial charge in [-0.15, -0.1) is 0 Å². The molecule has 0 unspecified atom stereocenters. The van der Waals surface area contributed by atoms with Crippen molar-refractivity contribution in [3.8, 4) is 0 Å². The fraction of sp³-hybridized carbons (Fsp3) is 0.231. The van der Waals surface area contributed by atoms with E-state index in [1.807, 2.05) is 24.3 Å². The van der Waals surface area contributed by atoms with E-state index in [-0.39, 0.29) is 0 Å². The molecule has 2 rings (SSSR count). The minimum atomic E-state index is 0.664. The maximum atomic E-state index is 6.09. The third kappa shape index (κ3) is 4.02. The van der Waals surface area contributed by atoms with Crippen molar-refractivity contribution in [3.63, 3.8) is 0 Å². The molecule has 2 aromatic rings. The van der Waals surface area contributed by atoms with Gasteiger partial charge in [0.05, 0.1) is 6.54 Å². The molecule has 0 bridgehead atoms. The van der Waals surface area contributed by atoms with E-state index >= 15 is 0 Å². The number of benzene rings is 1. The number of halogens is 3. The minimum Gasteiger partial charge on any atom is -0.453 e. The normalized spacial score (nSPS) is 10.8. The molecule has 2 nitrogen and oxygen atoms in total. The molecular weight excluding hydrogens is 337 g/mol. The van der Waals surface area contributed by atoms with Gasteiger partial charge >= 0.3 is 0 Å². The molecule has 0 saturated heterocycles. The molecule has 0 atom stereocenters. The van der Waals surface area contributed by atoms with Crippen LogP contribution in [0.15, 0.2) is 39.4 Å². The Morgan fingerprint density at radius 3 is 2.67 bits per heavy atom. The van der Waals surface area contributed by atoms with Gasteiger partial charge in [0.15, 0.2) is 4.67 Å². The highest BCUT2D eigenvalue weighted by Crippen LogP contribution is 2.21. The van der Waals surface area contributed by atoms with Crippen molar-refractivity contribution in [2.75, 3.05) is 6.54 Å². The molecule has 0 saturated carbocycles. The van der Waals surface area contributed by atoms with E-state index in [4.69, 9.17) is 27.6 Å². The molecule has 5 heteroatoms. The van der Waals surface area contributed by atoms with Gasteiger partial charge in [-0.3, -0.25) is 0 Å². The lowest BCUT2D eigenvalue weighted by Gasteiger charge is -2.05. The molecule has 0 radical (unpaired) electrons. The lowest BCUT2D eigenvalue weighted by atomic mass is 10.1. The average Bonchev–Trinajstić information content (AvgIpc) is 2.73. The van der Waals surface area contributed by atoms with Gasteiger partial charge in [0, 0.05) is 10.0 Å². The predicted molar refractivity (Wildman–Crippen MR) is 78.3 cm³/mol. The summed E-state index contributed by atoms with van der Waals surface area (Å²) in [5.41, 5.74) is 1.09. The van der Waals surface area contributed by atoms with Crippen LogP contribution in [0.4, 0.5) is 0 Å². The Bertz CT molecular complexity index is 527. The Labute approximate surface area is 124 Å². The van der Waals surface area contributed by atoms with Gasteiger partial charge in [0.1, 0.15) is 5.76 Å². The highest BCUT2D eigenvalue weighted by Gasteiger charge is 2.02. The first kappa shape index (κ1) is 13.9. The number of hydrogen-bond acceptors (Lipinski definition) is 2. The highest BCUT2D eigenvalue weighted by molar-refractivity contribution is 9.10. The molecule has 0 spiro atoms. The van der Waals surface area contributed by atoms with Crippen molar-refractivity contribution < 1.29 is 4.42 Å². The van der Waals surface area contributed by atoms with E-state index < -0.39 is 0 Å². The van der Waals surface area contributed by atoms with Crippen LogP contribution in [0.2, 0.25) is 10.0 Å². The van der Waals surface area contributed by atoms with Gasteiger partial charge in [-0.25, -0.2) is 0 Å². The van der Waals surface area contributed by atoms with Crippen molar-refractivity contribution in [2.45, 2.75) is 13.0 Å². The van der Waals surface area contributed by atoms with Gasteiger partial charge in [0.2, 0.25) is 0 Å². The standard InChI is InChI=1S/C13H12BrCl2NO/c14-13-4-3-11(18-13)8-17-6-5-9-1-2-10(15)7-12(9)16/h1-4,7,17H,5-6,8H2. The van der Waals surface area contributed by atoms with E-state index in [1.54, 1.807) is 6.07 Å². The molecule has 0 fully saturated rings. The summed E-state index contributed by atoms with van der Waals surface area (Å²) in [6.07, 6.45) is 0.859. The molecule has 1 N–H and O–H groups in total. The van der Waals surface area contributed by atoms with Crippen molar-refractivity contribution >= 4 is 39.1 Å². The van der Waals surface area contributed by atoms with Gasteiger partial charge in [-0.2, -0.15) is 0 Å². The van der Waals surface area contributed by atoms with Crippen LogP contribution in [0.5, 0.6) is 0 Å². The molecule has 18 heavy (non-hydrogen) atoms. The molecule has 0 amide bonds. The Kier molecular flexibility index (Phi) is 5.13. The first-order chi connectivity index (χ1) is 8.65. The van der Waals surface area contributed by atoms with Crippen LogP contribution in [0.3, 0.4) is 0 Å². The molecule has 96 valence electrons. The summed E-state index contributed by atoms with van der Waals surface area (Å²) in [6.45, 7) is 1.54. The van der Waals surface area contributed by atoms with Crippen LogP contribution in [0.1, 0.15) is 11.3 Å². The van der Waals surface area contributed by atoms with E-state index in [2.05, 4.69) is 21.2 Å². The lowest BCUT2D eigenvalue weighted by Crippen LogP contribution is -2.16. The second-order valence-corrected chi connectivity index (χ2v) is 5.49. The topological polar surface area (TPSA) is 25.2 Å². The Hall–Kier alpha value is -0.480. The second-order valence-electron chi connectivity index (χ2n) is 3.87. The summed E-state index contributed by atoms with van der Waals surface area (Å²) in [5.74, 6) is 0.907. The number of furan rings is 1. The summed E-state index contributed by atoms with van der Waals surface area (Å²) in [6, 6.07) is 9.39. The average molecular weight is 349 g/mol. The van der Waals surface area contributed by atoms with Crippen LogP contribution in [0.25, 0.3) is 0 Å². The molecule has 0 aliphatic carbocycles. The van der Waals surface area contributed by atoms with E-state index in [1.165, 1.54) is 0 Å². The smallest absolute Gasteiger partial charge is 0.169 e. The molecule has 1 aromatic carbocycles. The third-order valence-corrected chi connectivity index (χ3v) is 3.53. The monoisotopic (exact) mass is 347 g/mol. The fourth-order valence-electron chi connectivity index (χ4n) is 1.61. The van der Waals surface area contributed by atoms with Gasteiger partial charge in [0.25, 0.3) is 0 Å². The zero-order valence-corrected chi connectivity index (χ0v) is 12.6. The lowest BCUT2D eigenvalue weighted by molar-refractivity contribution is 0.466. The van der Waals surface area contributed by atoms with Crippen molar-refractivity contribution in [2.24, 2.45) is 0 Å². The van der Waals surface area contributed by atoms with Crippen LogP contribution in [0, 0.1) is 0 Å². The largest absolute Gasteiger partial charge is 0.453 e. The molecule has 0 aliphatic heterocycles. The Morgan fingerprint density at radius 2 is 2.00 bits per heavy atom. The first-order valence-corrected chi connectivity index (χ1v) is 7.09. The summed E-state index contributed by atoms with van der Waals surface area (Å²) >= 11 is 15.2. The van der Waals surface area contributed by atoms with E-state index in [0.29, 0.717) is 16.6 Å².